The van der Waals surface area contributed by atoms with Gasteiger partial charge in [0.2, 0.25) is 5.13 Å². The first-order valence-corrected chi connectivity index (χ1v) is 11.0. The zero-order valence-electron chi connectivity index (χ0n) is 14.8. The fourth-order valence-corrected chi connectivity index (χ4v) is 5.28. The summed E-state index contributed by atoms with van der Waals surface area (Å²) in [5, 5.41) is 5.73. The van der Waals surface area contributed by atoms with Crippen molar-refractivity contribution >= 4 is 64.9 Å². The average molecular weight is 547 g/mol. The number of hydrogen-bond acceptors (Lipinski definition) is 6. The molecule has 0 saturated heterocycles. The van der Waals surface area contributed by atoms with Crippen LogP contribution in [0.15, 0.2) is 75.6 Å². The Bertz CT molecular complexity index is 1650. The van der Waals surface area contributed by atoms with Crippen LogP contribution in [0.25, 0.3) is 38.1 Å². The first kappa shape index (κ1) is 19.2. The van der Waals surface area contributed by atoms with E-state index >= 15 is 0 Å². The highest BCUT2D eigenvalue weighted by atomic mass is 79.9. The van der Waals surface area contributed by atoms with Gasteiger partial charge in [-0.25, -0.2) is 9.78 Å². The molecule has 0 saturated carbocycles. The third-order valence-electron chi connectivity index (χ3n) is 4.53. The van der Waals surface area contributed by atoms with E-state index in [2.05, 4.69) is 41.9 Å². The second-order valence-corrected chi connectivity index (χ2v) is 9.00. The Labute approximate surface area is 187 Å². The van der Waals surface area contributed by atoms with Gasteiger partial charge in [0, 0.05) is 15.2 Å². The van der Waals surface area contributed by atoms with E-state index in [-0.39, 0.29) is 16.1 Å². The van der Waals surface area contributed by atoms with Crippen LogP contribution in [-0.2, 0) is 0 Å². The van der Waals surface area contributed by atoms with Crippen LogP contribution in [0.1, 0.15) is 0 Å². The van der Waals surface area contributed by atoms with E-state index in [0.717, 1.165) is 20.5 Å². The van der Waals surface area contributed by atoms with Crippen molar-refractivity contribution < 1.29 is 4.42 Å². The van der Waals surface area contributed by atoms with Gasteiger partial charge in [-0.15, -0.1) is 11.3 Å². The fourth-order valence-electron chi connectivity index (χ4n) is 3.16. The maximum Gasteiger partial charge on any atom is 0.345 e. The van der Waals surface area contributed by atoms with E-state index in [0.29, 0.717) is 26.5 Å². The summed E-state index contributed by atoms with van der Waals surface area (Å²) in [5.74, 6) is 0. The fraction of sp³-hybridized carbons (Fsp3) is 0. The number of H-pyrrole nitrogens is 1. The van der Waals surface area contributed by atoms with Gasteiger partial charge in [-0.1, -0.05) is 28.1 Å². The summed E-state index contributed by atoms with van der Waals surface area (Å²) in [5.41, 5.74) is -0.320. The number of fused-ring (bicyclic) bond motifs is 2. The van der Waals surface area contributed by atoms with Crippen molar-refractivity contribution in [2.45, 2.75) is 0 Å². The van der Waals surface area contributed by atoms with Crippen LogP contribution in [0.2, 0.25) is 0 Å². The normalized spacial score (nSPS) is 11.4. The number of thiazole rings is 1. The maximum absolute atomic E-state index is 12.8. The molecule has 0 amide bonds. The van der Waals surface area contributed by atoms with E-state index in [1.54, 1.807) is 41.8 Å². The van der Waals surface area contributed by atoms with Crippen LogP contribution < -0.4 is 16.7 Å². The van der Waals surface area contributed by atoms with E-state index in [4.69, 9.17) is 4.42 Å². The van der Waals surface area contributed by atoms with Gasteiger partial charge in [-0.2, -0.15) is 4.68 Å². The van der Waals surface area contributed by atoms with Crippen LogP contribution in [-0.4, -0.2) is 14.8 Å². The minimum Gasteiger partial charge on any atom is -0.421 e. The smallest absolute Gasteiger partial charge is 0.345 e. The topological polar surface area (TPSA) is 98.0 Å². The molecule has 3 heterocycles. The summed E-state index contributed by atoms with van der Waals surface area (Å²) in [6, 6.07) is 11.9. The van der Waals surface area contributed by atoms with Gasteiger partial charge in [0.25, 0.3) is 11.1 Å². The molecule has 0 aliphatic carbocycles. The predicted molar refractivity (Wildman–Crippen MR) is 123 cm³/mol. The molecule has 0 atom stereocenters. The van der Waals surface area contributed by atoms with Crippen molar-refractivity contribution in [2.75, 3.05) is 0 Å². The van der Waals surface area contributed by atoms with Gasteiger partial charge in [-0.3, -0.25) is 14.7 Å². The molecule has 0 unspecified atom stereocenters. The lowest BCUT2D eigenvalue weighted by Crippen LogP contribution is -2.28. The maximum atomic E-state index is 12.8. The van der Waals surface area contributed by atoms with E-state index in [1.165, 1.54) is 0 Å². The Morgan fingerprint density at radius 2 is 1.80 bits per heavy atom. The predicted octanol–water partition coefficient (Wildman–Crippen LogP) is 4.43. The molecule has 5 rings (SSSR count). The summed E-state index contributed by atoms with van der Waals surface area (Å²) in [6.07, 6.45) is 0. The standard InChI is InChI=1S/C20H9Br2N3O4S/c21-10-5-9-6-13(19(28)29-16(9)14(22)7-10)15-8-30-20(23-15)25-18(27)12-4-2-1-3-11(12)17(26)24-25/h1-8H,(H,24,26). The van der Waals surface area contributed by atoms with Crippen molar-refractivity contribution in [3.8, 4) is 16.4 Å². The van der Waals surface area contributed by atoms with Crippen molar-refractivity contribution in [1.82, 2.24) is 14.8 Å². The Hall–Kier alpha value is -2.82. The molecule has 5 aromatic rings. The van der Waals surface area contributed by atoms with Gasteiger partial charge in [0.1, 0.15) is 0 Å². The molecule has 0 fully saturated rings. The Balaban J connectivity index is 1.69. The van der Waals surface area contributed by atoms with E-state index in [1.807, 2.05) is 6.07 Å². The lowest BCUT2D eigenvalue weighted by atomic mass is 10.1. The van der Waals surface area contributed by atoms with Crippen molar-refractivity contribution in [3.63, 3.8) is 0 Å². The lowest BCUT2D eigenvalue weighted by Gasteiger charge is -2.04. The quantitative estimate of drug-likeness (QED) is 0.330. The molecule has 30 heavy (non-hydrogen) atoms. The molecule has 0 spiro atoms. The zero-order valence-corrected chi connectivity index (χ0v) is 18.8. The molecule has 3 aromatic heterocycles. The van der Waals surface area contributed by atoms with Crippen molar-refractivity contribution in [3.05, 3.63) is 87.9 Å². The summed E-state index contributed by atoms with van der Waals surface area (Å²) < 4.78 is 8.02. The Kier molecular flexibility index (Phi) is 4.57. The molecule has 7 nitrogen and oxygen atoms in total. The first-order valence-electron chi connectivity index (χ1n) is 8.55. The molecular weight excluding hydrogens is 538 g/mol. The SMILES string of the molecule is O=c1oc2c(Br)cc(Br)cc2cc1-c1csc(-n2[nH]c(=O)c3ccccc3c2=O)n1. The molecule has 2 aromatic carbocycles. The average Bonchev–Trinajstić information content (AvgIpc) is 3.20. The van der Waals surface area contributed by atoms with E-state index < -0.39 is 16.7 Å². The lowest BCUT2D eigenvalue weighted by molar-refractivity contribution is 0.561. The highest BCUT2D eigenvalue weighted by Gasteiger charge is 2.16. The minimum atomic E-state index is -0.554. The van der Waals surface area contributed by atoms with Gasteiger partial charge in [0.15, 0.2) is 5.58 Å². The molecule has 0 aliphatic heterocycles. The number of rotatable bonds is 2. The summed E-state index contributed by atoms with van der Waals surface area (Å²) in [6.45, 7) is 0. The number of nitrogens with zero attached hydrogens (tertiary/aromatic N) is 2. The number of hydrogen-bond donors (Lipinski definition) is 1. The van der Waals surface area contributed by atoms with Crippen molar-refractivity contribution in [2.24, 2.45) is 0 Å². The summed E-state index contributed by atoms with van der Waals surface area (Å²) in [7, 11) is 0. The number of aromatic nitrogens is 3. The molecular formula is C20H9Br2N3O4S. The Morgan fingerprint density at radius 3 is 2.60 bits per heavy atom. The molecule has 0 aliphatic rings. The number of aromatic amines is 1. The first-order chi connectivity index (χ1) is 14.4. The highest BCUT2D eigenvalue weighted by molar-refractivity contribution is 9.11. The minimum absolute atomic E-state index is 0.243. The van der Waals surface area contributed by atoms with Crippen molar-refractivity contribution in [1.29, 1.82) is 0 Å². The second kappa shape index (κ2) is 7.15. The van der Waals surface area contributed by atoms with Crippen LogP contribution in [0.4, 0.5) is 0 Å². The summed E-state index contributed by atoms with van der Waals surface area (Å²) >= 11 is 7.93. The van der Waals surface area contributed by atoms with Gasteiger partial charge in [-0.05, 0) is 46.3 Å². The van der Waals surface area contributed by atoms with Crippen LogP contribution in [0.5, 0.6) is 0 Å². The molecule has 148 valence electrons. The van der Waals surface area contributed by atoms with Gasteiger partial charge in [0.05, 0.1) is 26.5 Å². The zero-order chi connectivity index (χ0) is 21.0. The molecule has 1 N–H and O–H groups in total. The number of halogens is 2. The monoisotopic (exact) mass is 545 g/mol. The Morgan fingerprint density at radius 1 is 1.03 bits per heavy atom. The largest absolute Gasteiger partial charge is 0.421 e. The number of benzene rings is 2. The number of nitrogens with one attached hydrogen (secondary N) is 1. The van der Waals surface area contributed by atoms with Crippen LogP contribution >= 0.6 is 43.2 Å². The molecule has 0 radical (unpaired) electrons. The van der Waals surface area contributed by atoms with E-state index in [9.17, 15) is 14.4 Å². The molecule has 10 heteroatoms. The third kappa shape index (κ3) is 3.08. The van der Waals surface area contributed by atoms with Crippen LogP contribution in [0, 0.1) is 0 Å². The van der Waals surface area contributed by atoms with Gasteiger partial charge < -0.3 is 4.42 Å². The highest BCUT2D eigenvalue weighted by Crippen LogP contribution is 2.30. The second-order valence-electron chi connectivity index (χ2n) is 6.40. The van der Waals surface area contributed by atoms with Crippen LogP contribution in [0.3, 0.4) is 0 Å². The third-order valence-corrected chi connectivity index (χ3v) is 6.40. The molecule has 0 bridgehead atoms. The summed E-state index contributed by atoms with van der Waals surface area (Å²) in [4.78, 5) is 42.1. The van der Waals surface area contributed by atoms with Gasteiger partial charge >= 0.3 is 5.63 Å².